The van der Waals surface area contributed by atoms with E-state index < -0.39 is 0 Å². The molecule has 130 valence electrons. The van der Waals surface area contributed by atoms with Gasteiger partial charge in [-0.2, -0.15) is 0 Å². The molecule has 0 bridgehead atoms. The fourth-order valence-electron chi connectivity index (χ4n) is 2.13. The zero-order valence-corrected chi connectivity index (χ0v) is 15.5. The first-order valence-electron chi connectivity index (χ1n) is 7.42. The number of hydrogen-bond donors (Lipinski definition) is 1. The normalized spacial score (nSPS) is 10.8. The van der Waals surface area contributed by atoms with Crippen molar-refractivity contribution in [3.8, 4) is 5.75 Å². The average Bonchev–Trinajstić information content (AvgIpc) is 2.98. The summed E-state index contributed by atoms with van der Waals surface area (Å²) in [6.45, 7) is 2.52. The Kier molecular flexibility index (Phi) is 5.67. The number of rotatable bonds is 6. The summed E-state index contributed by atoms with van der Waals surface area (Å²) in [6.07, 6.45) is 1.66. The van der Waals surface area contributed by atoms with Crippen molar-refractivity contribution in [1.82, 2.24) is 14.6 Å². The number of carbonyl (C=O) groups is 1. The predicted molar refractivity (Wildman–Crippen MR) is 100.0 cm³/mol. The SMILES string of the molecule is CCOc1ccc(NC(=O)CSc2nnc3c(Cl)cc(Cl)cn23)cc1. The molecule has 0 spiro atoms. The summed E-state index contributed by atoms with van der Waals surface area (Å²) in [7, 11) is 0. The second-order valence-electron chi connectivity index (χ2n) is 4.98. The van der Waals surface area contributed by atoms with Gasteiger partial charge in [0.25, 0.3) is 0 Å². The number of anilines is 1. The van der Waals surface area contributed by atoms with Crippen molar-refractivity contribution in [2.24, 2.45) is 0 Å². The van der Waals surface area contributed by atoms with Gasteiger partial charge in [-0.15, -0.1) is 10.2 Å². The number of pyridine rings is 1. The lowest BCUT2D eigenvalue weighted by Gasteiger charge is -2.07. The Bertz CT molecular complexity index is 899. The number of benzene rings is 1. The molecule has 0 radical (unpaired) electrons. The highest BCUT2D eigenvalue weighted by molar-refractivity contribution is 7.99. The Balaban J connectivity index is 1.62. The van der Waals surface area contributed by atoms with Gasteiger partial charge in [0.05, 0.1) is 22.4 Å². The Hall–Kier alpha value is -1.96. The van der Waals surface area contributed by atoms with E-state index in [-0.39, 0.29) is 11.7 Å². The summed E-state index contributed by atoms with van der Waals surface area (Å²) in [6, 6.07) is 8.80. The molecule has 0 aliphatic heterocycles. The van der Waals surface area contributed by atoms with Crippen molar-refractivity contribution in [1.29, 1.82) is 0 Å². The first-order valence-corrected chi connectivity index (χ1v) is 9.16. The van der Waals surface area contributed by atoms with Gasteiger partial charge in [-0.25, -0.2) is 0 Å². The predicted octanol–water partition coefficient (Wildman–Crippen LogP) is 4.17. The van der Waals surface area contributed by atoms with Gasteiger partial charge >= 0.3 is 0 Å². The number of ether oxygens (including phenoxy) is 1. The molecule has 2 heterocycles. The first-order chi connectivity index (χ1) is 12.1. The molecule has 1 aromatic carbocycles. The smallest absolute Gasteiger partial charge is 0.234 e. The number of halogens is 2. The van der Waals surface area contributed by atoms with Crippen molar-refractivity contribution in [2.75, 3.05) is 17.7 Å². The molecule has 0 aliphatic rings. The average molecular weight is 397 g/mol. The molecule has 3 rings (SSSR count). The van der Waals surface area contributed by atoms with E-state index in [2.05, 4.69) is 15.5 Å². The van der Waals surface area contributed by atoms with Crippen LogP contribution < -0.4 is 10.1 Å². The van der Waals surface area contributed by atoms with E-state index in [9.17, 15) is 4.79 Å². The number of nitrogens with one attached hydrogen (secondary N) is 1. The lowest BCUT2D eigenvalue weighted by molar-refractivity contribution is -0.113. The topological polar surface area (TPSA) is 68.5 Å². The van der Waals surface area contributed by atoms with Crippen LogP contribution in [0, 0.1) is 0 Å². The number of amides is 1. The molecular formula is C16H14Cl2N4O2S. The first kappa shape index (κ1) is 17.8. The third kappa shape index (κ3) is 4.36. The largest absolute Gasteiger partial charge is 0.494 e. The minimum atomic E-state index is -0.154. The van der Waals surface area contributed by atoms with E-state index in [0.717, 1.165) is 5.75 Å². The van der Waals surface area contributed by atoms with Crippen LogP contribution >= 0.6 is 35.0 Å². The summed E-state index contributed by atoms with van der Waals surface area (Å²) in [5, 5.41) is 12.3. The van der Waals surface area contributed by atoms with Crippen LogP contribution in [0.4, 0.5) is 5.69 Å². The van der Waals surface area contributed by atoms with Crippen LogP contribution in [0.2, 0.25) is 10.0 Å². The zero-order valence-electron chi connectivity index (χ0n) is 13.2. The monoisotopic (exact) mass is 396 g/mol. The van der Waals surface area contributed by atoms with Crippen LogP contribution in [0.1, 0.15) is 6.92 Å². The van der Waals surface area contributed by atoms with E-state index >= 15 is 0 Å². The summed E-state index contributed by atoms with van der Waals surface area (Å²) in [5.41, 5.74) is 1.20. The van der Waals surface area contributed by atoms with Gasteiger partial charge in [-0.05, 0) is 37.3 Å². The van der Waals surface area contributed by atoms with Gasteiger partial charge in [0.2, 0.25) is 5.91 Å². The molecule has 0 saturated heterocycles. The highest BCUT2D eigenvalue weighted by atomic mass is 35.5. The number of aromatic nitrogens is 3. The number of nitrogens with zero attached hydrogens (tertiary/aromatic N) is 3. The number of thioether (sulfide) groups is 1. The lowest BCUT2D eigenvalue weighted by atomic mass is 10.3. The zero-order chi connectivity index (χ0) is 17.8. The van der Waals surface area contributed by atoms with Crippen molar-refractivity contribution in [2.45, 2.75) is 12.1 Å². The maximum absolute atomic E-state index is 12.1. The van der Waals surface area contributed by atoms with E-state index in [0.29, 0.717) is 33.1 Å². The highest BCUT2D eigenvalue weighted by Crippen LogP contribution is 2.25. The van der Waals surface area contributed by atoms with Crippen LogP contribution in [-0.2, 0) is 4.79 Å². The second-order valence-corrected chi connectivity index (χ2v) is 6.76. The fourth-order valence-corrected chi connectivity index (χ4v) is 3.35. The van der Waals surface area contributed by atoms with Gasteiger partial charge in [0.1, 0.15) is 5.75 Å². The quantitative estimate of drug-likeness (QED) is 0.633. The molecule has 6 nitrogen and oxygen atoms in total. The molecule has 3 aromatic rings. The molecular weight excluding hydrogens is 383 g/mol. The number of hydrogen-bond acceptors (Lipinski definition) is 5. The minimum Gasteiger partial charge on any atom is -0.494 e. The Labute approximate surface area is 158 Å². The van der Waals surface area contributed by atoms with Gasteiger partial charge < -0.3 is 10.1 Å². The summed E-state index contributed by atoms with van der Waals surface area (Å²) in [5.74, 6) is 0.788. The molecule has 0 unspecified atom stereocenters. The van der Waals surface area contributed by atoms with Gasteiger partial charge in [0, 0.05) is 11.9 Å². The van der Waals surface area contributed by atoms with Crippen molar-refractivity contribution in [3.63, 3.8) is 0 Å². The number of carbonyl (C=O) groups excluding carboxylic acids is 1. The molecule has 1 amide bonds. The molecule has 25 heavy (non-hydrogen) atoms. The Morgan fingerprint density at radius 3 is 2.76 bits per heavy atom. The molecule has 0 fully saturated rings. The maximum atomic E-state index is 12.1. The van der Waals surface area contributed by atoms with Gasteiger partial charge in [0.15, 0.2) is 10.8 Å². The standard InChI is InChI=1S/C16H14Cl2N4O2S/c1-2-24-12-5-3-11(4-6-12)19-14(23)9-25-16-21-20-15-13(18)7-10(17)8-22(15)16/h3-8H,2,9H2,1H3,(H,19,23). The summed E-state index contributed by atoms with van der Waals surface area (Å²) in [4.78, 5) is 12.1. The molecule has 9 heteroatoms. The maximum Gasteiger partial charge on any atom is 0.234 e. The molecule has 2 aromatic heterocycles. The van der Waals surface area contributed by atoms with Crippen LogP contribution in [0.15, 0.2) is 41.7 Å². The Morgan fingerprint density at radius 2 is 2.04 bits per heavy atom. The summed E-state index contributed by atoms with van der Waals surface area (Å²) < 4.78 is 7.03. The van der Waals surface area contributed by atoms with E-state index in [1.165, 1.54) is 11.8 Å². The minimum absolute atomic E-state index is 0.154. The fraction of sp³-hybridized carbons (Fsp3) is 0.188. The second kappa shape index (κ2) is 7.95. The summed E-state index contributed by atoms with van der Waals surface area (Å²) >= 11 is 13.3. The van der Waals surface area contributed by atoms with Gasteiger partial charge in [-0.3, -0.25) is 9.20 Å². The van der Waals surface area contributed by atoms with Crippen LogP contribution in [-0.4, -0.2) is 32.9 Å². The van der Waals surface area contributed by atoms with Crippen molar-refractivity contribution < 1.29 is 9.53 Å². The highest BCUT2D eigenvalue weighted by Gasteiger charge is 2.12. The molecule has 0 saturated carbocycles. The van der Waals surface area contributed by atoms with Gasteiger partial charge in [-0.1, -0.05) is 35.0 Å². The number of fused-ring (bicyclic) bond motifs is 1. The third-order valence-corrected chi connectivity index (χ3v) is 4.60. The molecule has 0 atom stereocenters. The van der Waals surface area contributed by atoms with Crippen LogP contribution in [0.3, 0.4) is 0 Å². The van der Waals surface area contributed by atoms with Crippen molar-refractivity contribution >= 4 is 52.2 Å². The van der Waals surface area contributed by atoms with E-state index in [1.807, 2.05) is 19.1 Å². The molecule has 0 aliphatic carbocycles. The van der Waals surface area contributed by atoms with E-state index in [1.54, 1.807) is 28.8 Å². The van der Waals surface area contributed by atoms with Crippen LogP contribution in [0.25, 0.3) is 5.65 Å². The lowest BCUT2D eigenvalue weighted by Crippen LogP contribution is -2.14. The van der Waals surface area contributed by atoms with E-state index in [4.69, 9.17) is 27.9 Å². The van der Waals surface area contributed by atoms with Crippen LogP contribution in [0.5, 0.6) is 5.75 Å². The Morgan fingerprint density at radius 1 is 1.28 bits per heavy atom. The van der Waals surface area contributed by atoms with Crippen molar-refractivity contribution in [3.05, 3.63) is 46.6 Å². The third-order valence-electron chi connectivity index (χ3n) is 3.18. The molecule has 1 N–H and O–H groups in total.